The van der Waals surface area contributed by atoms with E-state index in [0.29, 0.717) is 11.3 Å². The highest BCUT2D eigenvalue weighted by molar-refractivity contribution is 8.02. The van der Waals surface area contributed by atoms with Crippen molar-refractivity contribution in [1.82, 2.24) is 10.2 Å². The SMILES string of the molecule is CCCNc1nnc(SC(C)C(=O)Nc2cccc(C(C)=O)c2)s1. The van der Waals surface area contributed by atoms with E-state index in [1.54, 1.807) is 24.3 Å². The van der Waals surface area contributed by atoms with Gasteiger partial charge < -0.3 is 10.6 Å². The Labute approximate surface area is 149 Å². The Kier molecular flexibility index (Phi) is 6.74. The van der Waals surface area contributed by atoms with Crippen molar-refractivity contribution >= 4 is 45.6 Å². The molecule has 1 amide bonds. The number of anilines is 2. The summed E-state index contributed by atoms with van der Waals surface area (Å²) in [5.41, 5.74) is 1.19. The van der Waals surface area contributed by atoms with Gasteiger partial charge in [-0.3, -0.25) is 9.59 Å². The number of ketones is 1. The molecule has 0 aliphatic carbocycles. The molecule has 1 unspecified atom stereocenters. The third kappa shape index (κ3) is 5.31. The van der Waals surface area contributed by atoms with E-state index in [1.807, 2.05) is 6.92 Å². The Balaban J connectivity index is 1.93. The minimum atomic E-state index is -0.321. The largest absolute Gasteiger partial charge is 0.360 e. The van der Waals surface area contributed by atoms with E-state index < -0.39 is 0 Å². The minimum absolute atomic E-state index is 0.0329. The maximum absolute atomic E-state index is 12.3. The van der Waals surface area contributed by atoms with Gasteiger partial charge in [-0.2, -0.15) is 0 Å². The van der Waals surface area contributed by atoms with Crippen molar-refractivity contribution in [2.45, 2.75) is 36.8 Å². The fourth-order valence-electron chi connectivity index (χ4n) is 1.83. The number of aromatic nitrogens is 2. The van der Waals surface area contributed by atoms with Gasteiger partial charge in [0.2, 0.25) is 11.0 Å². The van der Waals surface area contributed by atoms with Crippen molar-refractivity contribution in [2.75, 3.05) is 17.2 Å². The summed E-state index contributed by atoms with van der Waals surface area (Å²) in [5, 5.41) is 14.6. The smallest absolute Gasteiger partial charge is 0.237 e. The number of nitrogens with zero attached hydrogens (tertiary/aromatic N) is 2. The Morgan fingerprint density at radius 1 is 1.33 bits per heavy atom. The normalized spacial score (nSPS) is 11.8. The van der Waals surface area contributed by atoms with E-state index in [9.17, 15) is 9.59 Å². The summed E-state index contributed by atoms with van der Waals surface area (Å²) in [6.45, 7) is 6.24. The highest BCUT2D eigenvalue weighted by Crippen LogP contribution is 2.29. The van der Waals surface area contributed by atoms with Crippen LogP contribution in [0.25, 0.3) is 0 Å². The van der Waals surface area contributed by atoms with Crippen LogP contribution >= 0.6 is 23.1 Å². The van der Waals surface area contributed by atoms with Crippen molar-refractivity contribution in [2.24, 2.45) is 0 Å². The predicted octanol–water partition coefficient (Wildman–Crippen LogP) is 3.68. The molecule has 2 aromatic rings. The average molecular weight is 364 g/mol. The van der Waals surface area contributed by atoms with Crippen LogP contribution in [-0.2, 0) is 4.79 Å². The van der Waals surface area contributed by atoms with Gasteiger partial charge in [-0.25, -0.2) is 0 Å². The molecule has 0 fully saturated rings. The fourth-order valence-corrected chi connectivity index (χ4v) is 3.75. The molecule has 0 aliphatic heterocycles. The second kappa shape index (κ2) is 8.79. The molecule has 1 aromatic carbocycles. The Bertz CT molecular complexity index is 718. The number of carbonyl (C=O) groups excluding carboxylic acids is 2. The zero-order valence-electron chi connectivity index (χ0n) is 13.8. The lowest BCUT2D eigenvalue weighted by atomic mass is 10.1. The minimum Gasteiger partial charge on any atom is -0.360 e. The maximum Gasteiger partial charge on any atom is 0.237 e. The van der Waals surface area contributed by atoms with E-state index in [2.05, 4.69) is 27.8 Å². The van der Waals surface area contributed by atoms with Gasteiger partial charge in [0.05, 0.1) is 5.25 Å². The van der Waals surface area contributed by atoms with Crippen LogP contribution in [0.5, 0.6) is 0 Å². The molecule has 0 radical (unpaired) electrons. The number of amides is 1. The van der Waals surface area contributed by atoms with Crippen molar-refractivity contribution < 1.29 is 9.59 Å². The topological polar surface area (TPSA) is 84.0 Å². The molecule has 1 aromatic heterocycles. The molecular weight excluding hydrogens is 344 g/mol. The van der Waals surface area contributed by atoms with Gasteiger partial charge in [0.25, 0.3) is 0 Å². The first-order chi connectivity index (χ1) is 11.5. The molecule has 128 valence electrons. The first-order valence-electron chi connectivity index (χ1n) is 7.65. The molecule has 24 heavy (non-hydrogen) atoms. The molecule has 1 atom stereocenters. The second-order valence-corrected chi connectivity index (χ2v) is 7.75. The monoisotopic (exact) mass is 364 g/mol. The van der Waals surface area contributed by atoms with E-state index in [4.69, 9.17) is 0 Å². The lowest BCUT2D eigenvalue weighted by Gasteiger charge is -2.10. The summed E-state index contributed by atoms with van der Waals surface area (Å²) < 4.78 is 0.744. The maximum atomic E-state index is 12.3. The summed E-state index contributed by atoms with van der Waals surface area (Å²) in [5.74, 6) is -0.173. The Morgan fingerprint density at radius 3 is 2.83 bits per heavy atom. The highest BCUT2D eigenvalue weighted by atomic mass is 32.2. The third-order valence-electron chi connectivity index (χ3n) is 3.12. The third-order valence-corrected chi connectivity index (χ3v) is 5.18. The lowest BCUT2D eigenvalue weighted by Crippen LogP contribution is -2.22. The van der Waals surface area contributed by atoms with Gasteiger partial charge in [-0.15, -0.1) is 10.2 Å². The molecule has 8 heteroatoms. The van der Waals surface area contributed by atoms with E-state index in [0.717, 1.165) is 22.4 Å². The van der Waals surface area contributed by atoms with Crippen LogP contribution in [0.3, 0.4) is 0 Å². The lowest BCUT2D eigenvalue weighted by molar-refractivity contribution is -0.115. The second-order valence-electron chi connectivity index (χ2n) is 5.19. The first kappa shape index (κ1) is 18.4. The van der Waals surface area contributed by atoms with Crippen LogP contribution in [0.2, 0.25) is 0 Å². The molecule has 2 rings (SSSR count). The number of carbonyl (C=O) groups is 2. The fraction of sp³-hybridized carbons (Fsp3) is 0.375. The number of rotatable bonds is 8. The highest BCUT2D eigenvalue weighted by Gasteiger charge is 2.17. The summed E-state index contributed by atoms with van der Waals surface area (Å²) >= 11 is 2.80. The Hall–Kier alpha value is -1.93. The number of benzene rings is 1. The van der Waals surface area contributed by atoms with Crippen LogP contribution in [0.4, 0.5) is 10.8 Å². The quantitative estimate of drug-likeness (QED) is 0.549. The van der Waals surface area contributed by atoms with Crippen molar-refractivity contribution in [3.63, 3.8) is 0 Å². The van der Waals surface area contributed by atoms with E-state index >= 15 is 0 Å². The predicted molar refractivity (Wildman–Crippen MR) is 99.1 cm³/mol. The first-order valence-corrected chi connectivity index (χ1v) is 9.35. The van der Waals surface area contributed by atoms with Gasteiger partial charge in [0.15, 0.2) is 10.1 Å². The summed E-state index contributed by atoms with van der Waals surface area (Å²) in [4.78, 5) is 23.7. The van der Waals surface area contributed by atoms with Gasteiger partial charge in [-0.05, 0) is 32.4 Å². The molecule has 0 saturated carbocycles. The van der Waals surface area contributed by atoms with Gasteiger partial charge in [0.1, 0.15) is 0 Å². The van der Waals surface area contributed by atoms with Gasteiger partial charge >= 0.3 is 0 Å². The van der Waals surface area contributed by atoms with Crippen molar-refractivity contribution in [3.05, 3.63) is 29.8 Å². The van der Waals surface area contributed by atoms with Gasteiger partial charge in [0, 0.05) is 17.8 Å². The molecule has 6 nitrogen and oxygen atoms in total. The zero-order chi connectivity index (χ0) is 17.5. The Morgan fingerprint density at radius 2 is 2.12 bits per heavy atom. The van der Waals surface area contributed by atoms with Crippen LogP contribution in [-0.4, -0.2) is 33.7 Å². The standard InChI is InChI=1S/C16H20N4O2S2/c1-4-8-17-15-19-20-16(24-15)23-11(3)14(22)18-13-7-5-6-12(9-13)10(2)21/h5-7,9,11H,4,8H2,1-3H3,(H,17,19)(H,18,22). The van der Waals surface area contributed by atoms with E-state index in [-0.39, 0.29) is 16.9 Å². The molecule has 1 heterocycles. The van der Waals surface area contributed by atoms with Crippen LogP contribution in [0.15, 0.2) is 28.6 Å². The number of hydrogen-bond acceptors (Lipinski definition) is 7. The van der Waals surface area contributed by atoms with Crippen molar-refractivity contribution in [1.29, 1.82) is 0 Å². The zero-order valence-corrected chi connectivity index (χ0v) is 15.5. The summed E-state index contributed by atoms with van der Waals surface area (Å²) in [7, 11) is 0. The molecular formula is C16H20N4O2S2. The van der Waals surface area contributed by atoms with Crippen LogP contribution in [0, 0.1) is 0 Å². The number of thioether (sulfide) groups is 1. The van der Waals surface area contributed by atoms with Gasteiger partial charge in [-0.1, -0.05) is 42.2 Å². The number of hydrogen-bond donors (Lipinski definition) is 2. The summed E-state index contributed by atoms with van der Waals surface area (Å²) in [6.07, 6.45) is 1.01. The van der Waals surface area contributed by atoms with Crippen molar-refractivity contribution in [3.8, 4) is 0 Å². The van der Waals surface area contributed by atoms with Crippen LogP contribution in [0.1, 0.15) is 37.6 Å². The molecule has 0 saturated heterocycles. The summed E-state index contributed by atoms with van der Waals surface area (Å²) in [6, 6.07) is 6.91. The molecule has 0 bridgehead atoms. The molecule has 0 spiro atoms. The average Bonchev–Trinajstić information content (AvgIpc) is 3.00. The number of nitrogens with one attached hydrogen (secondary N) is 2. The molecule has 0 aliphatic rings. The van der Waals surface area contributed by atoms with E-state index in [1.165, 1.54) is 30.0 Å². The number of Topliss-reactive ketones (excluding diaryl/α,β-unsaturated/α-hetero) is 1. The van der Waals surface area contributed by atoms with Crippen LogP contribution < -0.4 is 10.6 Å². The molecule has 2 N–H and O–H groups in total.